The van der Waals surface area contributed by atoms with Crippen molar-refractivity contribution in [2.24, 2.45) is 0 Å². The molecule has 0 aliphatic heterocycles. The highest BCUT2D eigenvalue weighted by Gasteiger charge is 2.06. The Bertz CT molecular complexity index is 723. The van der Waals surface area contributed by atoms with Crippen molar-refractivity contribution in [1.82, 2.24) is 0 Å². The fourth-order valence-corrected chi connectivity index (χ4v) is 2.41. The summed E-state index contributed by atoms with van der Waals surface area (Å²) in [6.45, 7) is 2.11. The molecular formula is C18H16INO3. The Morgan fingerprint density at radius 1 is 1.17 bits per heavy atom. The first-order valence-electron chi connectivity index (χ1n) is 7.10. The van der Waals surface area contributed by atoms with Gasteiger partial charge in [0, 0.05) is 20.9 Å². The monoisotopic (exact) mass is 421 g/mol. The van der Waals surface area contributed by atoms with Crippen LogP contribution in [0.3, 0.4) is 0 Å². The van der Waals surface area contributed by atoms with Gasteiger partial charge in [-0.2, -0.15) is 0 Å². The quantitative estimate of drug-likeness (QED) is 0.449. The van der Waals surface area contributed by atoms with Crippen LogP contribution in [0.2, 0.25) is 0 Å². The van der Waals surface area contributed by atoms with E-state index >= 15 is 0 Å². The summed E-state index contributed by atoms with van der Waals surface area (Å²) in [6.07, 6.45) is 3.05. The minimum Gasteiger partial charge on any atom is -0.463 e. The van der Waals surface area contributed by atoms with E-state index in [0.29, 0.717) is 17.9 Å². The number of rotatable bonds is 5. The lowest BCUT2D eigenvalue weighted by molar-refractivity contribution is -0.137. The average molecular weight is 421 g/mol. The van der Waals surface area contributed by atoms with Gasteiger partial charge in [0.25, 0.3) is 5.91 Å². The molecule has 0 aliphatic carbocycles. The number of ether oxygens (including phenoxy) is 1. The van der Waals surface area contributed by atoms with Crippen LogP contribution < -0.4 is 5.32 Å². The zero-order valence-corrected chi connectivity index (χ0v) is 14.7. The van der Waals surface area contributed by atoms with Crippen molar-refractivity contribution in [3.05, 3.63) is 69.3 Å². The second kappa shape index (κ2) is 8.47. The lowest BCUT2D eigenvalue weighted by atomic mass is 10.1. The van der Waals surface area contributed by atoms with Gasteiger partial charge in [-0.1, -0.05) is 18.2 Å². The molecule has 0 bridgehead atoms. The van der Waals surface area contributed by atoms with Crippen LogP contribution in [-0.2, 0) is 9.53 Å². The Labute approximate surface area is 148 Å². The summed E-state index contributed by atoms with van der Waals surface area (Å²) >= 11 is 2.17. The van der Waals surface area contributed by atoms with Gasteiger partial charge in [-0.3, -0.25) is 4.79 Å². The van der Waals surface area contributed by atoms with Gasteiger partial charge >= 0.3 is 5.97 Å². The molecule has 2 aromatic rings. The normalized spacial score (nSPS) is 10.5. The standard InChI is InChI=1S/C18H16INO3/c1-2-23-17(21)11-8-13-6-9-16(10-7-13)20-18(22)14-4-3-5-15(19)12-14/h3-12H,2H2,1H3,(H,20,22)/b11-8+. The molecule has 2 rings (SSSR count). The number of carbonyl (C=O) groups is 2. The maximum atomic E-state index is 12.1. The lowest BCUT2D eigenvalue weighted by Crippen LogP contribution is -2.11. The van der Waals surface area contributed by atoms with Crippen LogP contribution in [0.1, 0.15) is 22.8 Å². The summed E-state index contributed by atoms with van der Waals surface area (Å²) in [7, 11) is 0. The minimum atomic E-state index is -0.372. The SMILES string of the molecule is CCOC(=O)/C=C/c1ccc(NC(=O)c2cccc(I)c2)cc1. The van der Waals surface area contributed by atoms with E-state index in [1.807, 2.05) is 30.3 Å². The topological polar surface area (TPSA) is 55.4 Å². The molecule has 0 saturated carbocycles. The van der Waals surface area contributed by atoms with Gasteiger partial charge < -0.3 is 10.1 Å². The van der Waals surface area contributed by atoms with E-state index in [-0.39, 0.29) is 11.9 Å². The smallest absolute Gasteiger partial charge is 0.330 e. The number of carbonyl (C=O) groups excluding carboxylic acids is 2. The van der Waals surface area contributed by atoms with Gasteiger partial charge in [-0.25, -0.2) is 4.79 Å². The zero-order valence-electron chi connectivity index (χ0n) is 12.6. The fourth-order valence-electron chi connectivity index (χ4n) is 1.87. The van der Waals surface area contributed by atoms with E-state index in [4.69, 9.17) is 4.74 Å². The number of halogens is 1. The number of hydrogen-bond donors (Lipinski definition) is 1. The van der Waals surface area contributed by atoms with Crippen molar-refractivity contribution < 1.29 is 14.3 Å². The van der Waals surface area contributed by atoms with Crippen molar-refractivity contribution in [3.63, 3.8) is 0 Å². The molecule has 1 N–H and O–H groups in total. The second-order valence-electron chi connectivity index (χ2n) is 4.67. The third kappa shape index (κ3) is 5.52. The molecule has 0 aliphatic rings. The number of hydrogen-bond acceptors (Lipinski definition) is 3. The van der Waals surface area contributed by atoms with Crippen LogP contribution in [0, 0.1) is 3.57 Å². The van der Waals surface area contributed by atoms with Crippen LogP contribution in [0.5, 0.6) is 0 Å². The maximum Gasteiger partial charge on any atom is 0.330 e. The molecule has 0 atom stereocenters. The summed E-state index contributed by atoms with van der Waals surface area (Å²) in [5.41, 5.74) is 2.16. The van der Waals surface area contributed by atoms with E-state index in [0.717, 1.165) is 9.13 Å². The molecule has 0 aromatic heterocycles. The molecule has 0 saturated heterocycles. The van der Waals surface area contributed by atoms with Gasteiger partial charge in [-0.05, 0) is 71.5 Å². The van der Waals surface area contributed by atoms with E-state index in [1.165, 1.54) is 6.08 Å². The third-order valence-electron chi connectivity index (χ3n) is 2.95. The van der Waals surface area contributed by atoms with Crippen LogP contribution in [-0.4, -0.2) is 18.5 Å². The van der Waals surface area contributed by atoms with Crippen LogP contribution in [0.4, 0.5) is 5.69 Å². The Hall–Kier alpha value is -2.15. The predicted molar refractivity (Wildman–Crippen MR) is 99.2 cm³/mol. The Morgan fingerprint density at radius 2 is 1.91 bits per heavy atom. The fraction of sp³-hybridized carbons (Fsp3) is 0.111. The summed E-state index contributed by atoms with van der Waals surface area (Å²) in [5.74, 6) is -0.526. The molecule has 1 amide bonds. The number of anilines is 1. The molecular weight excluding hydrogens is 405 g/mol. The van der Waals surface area contributed by atoms with E-state index in [1.54, 1.807) is 31.2 Å². The highest BCUT2D eigenvalue weighted by atomic mass is 127. The third-order valence-corrected chi connectivity index (χ3v) is 3.62. The molecule has 5 heteroatoms. The van der Waals surface area contributed by atoms with Crippen LogP contribution >= 0.6 is 22.6 Å². The predicted octanol–water partition coefficient (Wildman–Crippen LogP) is 4.12. The first kappa shape index (κ1) is 17.2. The maximum absolute atomic E-state index is 12.1. The van der Waals surface area contributed by atoms with Crippen molar-refractivity contribution >= 4 is 46.2 Å². The van der Waals surface area contributed by atoms with Gasteiger partial charge in [-0.15, -0.1) is 0 Å². The molecule has 0 spiro atoms. The van der Waals surface area contributed by atoms with Gasteiger partial charge in [0.1, 0.15) is 0 Å². The van der Waals surface area contributed by atoms with E-state index in [9.17, 15) is 9.59 Å². The second-order valence-corrected chi connectivity index (χ2v) is 5.92. The Kier molecular flexibility index (Phi) is 6.34. The molecule has 0 fully saturated rings. The first-order valence-corrected chi connectivity index (χ1v) is 8.18. The van der Waals surface area contributed by atoms with Gasteiger partial charge in [0.2, 0.25) is 0 Å². The molecule has 4 nitrogen and oxygen atoms in total. The lowest BCUT2D eigenvalue weighted by Gasteiger charge is -2.06. The minimum absolute atomic E-state index is 0.154. The molecule has 0 unspecified atom stereocenters. The summed E-state index contributed by atoms with van der Waals surface area (Å²) in [6, 6.07) is 14.6. The highest BCUT2D eigenvalue weighted by Crippen LogP contribution is 2.14. The van der Waals surface area contributed by atoms with Crippen molar-refractivity contribution in [2.75, 3.05) is 11.9 Å². The average Bonchev–Trinajstić information content (AvgIpc) is 2.54. The van der Waals surface area contributed by atoms with Gasteiger partial charge in [0.05, 0.1) is 6.61 Å². The van der Waals surface area contributed by atoms with Crippen LogP contribution in [0.15, 0.2) is 54.6 Å². The highest BCUT2D eigenvalue weighted by molar-refractivity contribution is 14.1. The van der Waals surface area contributed by atoms with E-state index in [2.05, 4.69) is 27.9 Å². The van der Waals surface area contributed by atoms with Crippen LogP contribution in [0.25, 0.3) is 6.08 Å². The number of amides is 1. The van der Waals surface area contributed by atoms with Gasteiger partial charge in [0.15, 0.2) is 0 Å². The van der Waals surface area contributed by atoms with Crippen molar-refractivity contribution in [3.8, 4) is 0 Å². The largest absolute Gasteiger partial charge is 0.463 e. The van der Waals surface area contributed by atoms with E-state index < -0.39 is 0 Å². The summed E-state index contributed by atoms with van der Waals surface area (Å²) in [5, 5.41) is 2.84. The van der Waals surface area contributed by atoms with Crippen molar-refractivity contribution in [1.29, 1.82) is 0 Å². The number of nitrogens with one attached hydrogen (secondary N) is 1. The summed E-state index contributed by atoms with van der Waals surface area (Å²) < 4.78 is 5.82. The molecule has 0 heterocycles. The molecule has 2 aromatic carbocycles. The zero-order chi connectivity index (χ0) is 16.7. The number of benzene rings is 2. The molecule has 118 valence electrons. The molecule has 23 heavy (non-hydrogen) atoms. The Morgan fingerprint density at radius 3 is 2.57 bits per heavy atom. The van der Waals surface area contributed by atoms with Crippen molar-refractivity contribution in [2.45, 2.75) is 6.92 Å². The number of esters is 1. The first-order chi connectivity index (χ1) is 11.1. The summed E-state index contributed by atoms with van der Waals surface area (Å²) in [4.78, 5) is 23.4. The Balaban J connectivity index is 2.00. The molecule has 0 radical (unpaired) electrons.